The van der Waals surface area contributed by atoms with Gasteiger partial charge in [0.2, 0.25) is 0 Å². The van der Waals surface area contributed by atoms with Crippen LogP contribution in [0.5, 0.6) is 0 Å². The highest BCUT2D eigenvalue weighted by Crippen LogP contribution is 2.40. The SMILES string of the molecule is CN(C)[Si](C)(C)C(C)(C)[SiH](C)C. The number of hydrogen-bond acceptors (Lipinski definition) is 1. The third-order valence-electron chi connectivity index (χ3n) is 4.14. The first kappa shape index (κ1) is 12.4. The number of hydrogen-bond donors (Lipinski definition) is 0. The molecule has 0 N–H and O–H groups in total. The Balaban J connectivity index is 4.75. The average Bonchev–Trinajstić information content (AvgIpc) is 1.86. The van der Waals surface area contributed by atoms with Crippen LogP contribution in [0.4, 0.5) is 0 Å². The predicted octanol–water partition coefficient (Wildman–Crippen LogP) is 2.56. The molecule has 0 amide bonds. The minimum absolute atomic E-state index is 0.541. The van der Waals surface area contributed by atoms with Crippen molar-refractivity contribution >= 4 is 17.0 Å². The second-order valence-corrected chi connectivity index (χ2v) is 15.0. The smallest absolute Gasteiger partial charge is 0.124 e. The van der Waals surface area contributed by atoms with Crippen LogP contribution in [0.2, 0.25) is 30.8 Å². The Hall–Kier alpha value is 0.394. The standard InChI is InChI=1S/C9H25NSi2/c1-9(2,11(5)6)12(7,8)10(3)4/h11H,1-8H3. The van der Waals surface area contributed by atoms with Crippen LogP contribution in [-0.2, 0) is 0 Å². The van der Waals surface area contributed by atoms with E-state index in [4.69, 9.17) is 0 Å². The minimum Gasteiger partial charge on any atom is -0.329 e. The van der Waals surface area contributed by atoms with Crippen LogP contribution in [0.3, 0.4) is 0 Å². The molecular weight excluding hydrogens is 178 g/mol. The summed E-state index contributed by atoms with van der Waals surface area (Å²) in [5.41, 5.74) is 0. The van der Waals surface area contributed by atoms with Gasteiger partial charge in [0.25, 0.3) is 0 Å². The summed E-state index contributed by atoms with van der Waals surface area (Å²) in [7, 11) is 2.76. The van der Waals surface area contributed by atoms with Gasteiger partial charge in [0, 0.05) is 8.80 Å². The fraction of sp³-hybridized carbons (Fsp3) is 1.00. The molecule has 0 rings (SSSR count). The molecule has 0 bridgehead atoms. The highest BCUT2D eigenvalue weighted by atomic mass is 28.4. The molecule has 0 aliphatic heterocycles. The Morgan fingerprint density at radius 2 is 1.42 bits per heavy atom. The molecular formula is C9H25NSi2. The van der Waals surface area contributed by atoms with Crippen molar-refractivity contribution in [2.45, 2.75) is 44.7 Å². The number of rotatable bonds is 3. The van der Waals surface area contributed by atoms with E-state index in [0.29, 0.717) is 4.66 Å². The van der Waals surface area contributed by atoms with Crippen molar-refractivity contribution in [3.63, 3.8) is 0 Å². The van der Waals surface area contributed by atoms with E-state index in [0.717, 1.165) is 0 Å². The Bertz CT molecular complexity index is 133. The molecule has 12 heavy (non-hydrogen) atoms. The second kappa shape index (κ2) is 3.64. The van der Waals surface area contributed by atoms with Crippen molar-refractivity contribution in [2.75, 3.05) is 14.1 Å². The topological polar surface area (TPSA) is 3.24 Å². The van der Waals surface area contributed by atoms with Crippen molar-refractivity contribution in [2.24, 2.45) is 0 Å². The predicted molar refractivity (Wildman–Crippen MR) is 64.1 cm³/mol. The van der Waals surface area contributed by atoms with E-state index < -0.39 is 17.0 Å². The molecule has 1 nitrogen and oxygen atoms in total. The van der Waals surface area contributed by atoms with Crippen molar-refractivity contribution < 1.29 is 0 Å². The molecule has 0 radical (unpaired) electrons. The van der Waals surface area contributed by atoms with Crippen LogP contribution in [0.25, 0.3) is 0 Å². The normalized spacial score (nSPS) is 14.5. The summed E-state index contributed by atoms with van der Waals surface area (Å²) in [6.07, 6.45) is 0. The third-order valence-corrected chi connectivity index (χ3v) is 16.3. The van der Waals surface area contributed by atoms with E-state index in [-0.39, 0.29) is 0 Å². The summed E-state index contributed by atoms with van der Waals surface area (Å²) in [5.74, 6) is 0. The molecule has 0 saturated carbocycles. The van der Waals surface area contributed by atoms with Gasteiger partial charge in [0.1, 0.15) is 8.24 Å². The van der Waals surface area contributed by atoms with Gasteiger partial charge in [-0.15, -0.1) is 0 Å². The van der Waals surface area contributed by atoms with E-state index in [1.807, 2.05) is 0 Å². The van der Waals surface area contributed by atoms with Gasteiger partial charge in [-0.05, 0) is 18.8 Å². The maximum absolute atomic E-state index is 2.49. The van der Waals surface area contributed by atoms with Gasteiger partial charge in [0.05, 0.1) is 0 Å². The molecule has 0 aliphatic carbocycles. The lowest BCUT2D eigenvalue weighted by atomic mass is 10.5. The van der Waals surface area contributed by atoms with Gasteiger partial charge >= 0.3 is 0 Å². The first-order chi connectivity index (χ1) is 5.14. The van der Waals surface area contributed by atoms with Crippen molar-refractivity contribution in [3.8, 4) is 0 Å². The summed E-state index contributed by atoms with van der Waals surface area (Å²) >= 11 is 0. The van der Waals surface area contributed by atoms with Crippen LogP contribution in [-0.4, -0.2) is 35.7 Å². The first-order valence-electron chi connectivity index (χ1n) is 4.81. The zero-order valence-corrected chi connectivity index (χ0v) is 12.2. The summed E-state index contributed by atoms with van der Waals surface area (Å²) in [5, 5.41) is 0. The fourth-order valence-corrected chi connectivity index (χ4v) is 8.86. The zero-order valence-electron chi connectivity index (χ0n) is 10.0. The average molecular weight is 203 g/mol. The summed E-state index contributed by atoms with van der Waals surface area (Å²) in [4.78, 5) is 0. The lowest BCUT2D eigenvalue weighted by Crippen LogP contribution is -2.56. The molecule has 0 aromatic carbocycles. The molecule has 0 aliphatic rings. The molecule has 74 valence electrons. The maximum atomic E-state index is 2.49. The molecule has 0 spiro atoms. The van der Waals surface area contributed by atoms with Crippen LogP contribution in [0.1, 0.15) is 13.8 Å². The van der Waals surface area contributed by atoms with Gasteiger partial charge in [-0.3, -0.25) is 0 Å². The van der Waals surface area contributed by atoms with Crippen LogP contribution in [0.15, 0.2) is 0 Å². The minimum atomic E-state index is -1.18. The van der Waals surface area contributed by atoms with E-state index in [9.17, 15) is 0 Å². The molecule has 0 saturated heterocycles. The molecule has 0 heterocycles. The summed E-state index contributed by atoms with van der Waals surface area (Å²) in [6.45, 7) is 14.8. The summed E-state index contributed by atoms with van der Waals surface area (Å²) < 4.78 is 3.11. The van der Waals surface area contributed by atoms with Crippen LogP contribution < -0.4 is 0 Å². The van der Waals surface area contributed by atoms with Gasteiger partial charge < -0.3 is 4.57 Å². The van der Waals surface area contributed by atoms with E-state index in [1.165, 1.54) is 0 Å². The molecule has 0 unspecified atom stereocenters. The molecule has 0 atom stereocenters. The Morgan fingerprint density at radius 3 is 1.50 bits per heavy atom. The van der Waals surface area contributed by atoms with Gasteiger partial charge in [-0.1, -0.05) is 40.0 Å². The van der Waals surface area contributed by atoms with Crippen LogP contribution >= 0.6 is 0 Å². The second-order valence-electron chi connectivity index (χ2n) is 5.33. The van der Waals surface area contributed by atoms with Gasteiger partial charge in [-0.2, -0.15) is 0 Å². The Labute approximate surface area is 80.9 Å². The third kappa shape index (κ3) is 2.00. The zero-order chi connectivity index (χ0) is 10.2. The quantitative estimate of drug-likeness (QED) is 0.637. The monoisotopic (exact) mass is 203 g/mol. The van der Waals surface area contributed by atoms with E-state index in [2.05, 4.69) is 58.7 Å². The first-order valence-corrected chi connectivity index (χ1v) is 10.6. The highest BCUT2D eigenvalue weighted by Gasteiger charge is 2.43. The summed E-state index contributed by atoms with van der Waals surface area (Å²) in [6, 6.07) is 0. The lowest BCUT2D eigenvalue weighted by molar-refractivity contribution is 0.586. The number of nitrogens with zero attached hydrogens (tertiary/aromatic N) is 1. The maximum Gasteiger partial charge on any atom is 0.124 e. The van der Waals surface area contributed by atoms with Gasteiger partial charge in [0.15, 0.2) is 0 Å². The van der Waals surface area contributed by atoms with Gasteiger partial charge in [-0.25, -0.2) is 0 Å². The fourth-order valence-electron chi connectivity index (χ4n) is 1.28. The molecule has 0 fully saturated rings. The Morgan fingerprint density at radius 1 is 1.08 bits per heavy atom. The van der Waals surface area contributed by atoms with Crippen molar-refractivity contribution in [1.29, 1.82) is 0 Å². The van der Waals surface area contributed by atoms with Crippen molar-refractivity contribution in [1.82, 2.24) is 4.57 Å². The van der Waals surface area contributed by atoms with Crippen LogP contribution in [0, 0.1) is 0 Å². The largest absolute Gasteiger partial charge is 0.329 e. The van der Waals surface area contributed by atoms with E-state index in [1.54, 1.807) is 0 Å². The lowest BCUT2D eigenvalue weighted by Gasteiger charge is -2.46. The highest BCUT2D eigenvalue weighted by molar-refractivity contribution is 6.90. The molecule has 3 heteroatoms. The van der Waals surface area contributed by atoms with E-state index >= 15 is 0 Å². The van der Waals surface area contributed by atoms with Crippen molar-refractivity contribution in [3.05, 3.63) is 0 Å². The Kier molecular flexibility index (Phi) is 3.76. The molecule has 0 aromatic heterocycles. The molecule has 0 aromatic rings.